The molecule has 1 N–H and O–H groups in total. The summed E-state index contributed by atoms with van der Waals surface area (Å²) in [4.78, 5) is 16.6. The van der Waals surface area contributed by atoms with E-state index in [1.54, 1.807) is 18.3 Å². The van der Waals surface area contributed by atoms with Crippen molar-refractivity contribution in [2.45, 2.75) is 25.4 Å². The Morgan fingerprint density at radius 2 is 2.17 bits per heavy atom. The monoisotopic (exact) mass is 312 g/mol. The average Bonchev–Trinajstić information content (AvgIpc) is 3.08. The fraction of sp³-hybridized carbons (Fsp3) is 0.333. The molecule has 1 aliphatic heterocycles. The summed E-state index contributed by atoms with van der Waals surface area (Å²) in [7, 11) is 0. The number of nitrogens with zero attached hydrogens (tertiary/aromatic N) is 1. The maximum Gasteiger partial charge on any atom is 0.231 e. The first-order valence-corrected chi connectivity index (χ1v) is 7.78. The third kappa shape index (κ3) is 4.07. The second kappa shape index (κ2) is 7.24. The second-order valence-electron chi connectivity index (χ2n) is 5.61. The first kappa shape index (κ1) is 15.5. The third-order valence-corrected chi connectivity index (χ3v) is 3.87. The maximum atomic E-state index is 12.4. The van der Waals surface area contributed by atoms with Gasteiger partial charge in [0.1, 0.15) is 6.10 Å². The van der Waals surface area contributed by atoms with Crippen molar-refractivity contribution in [1.82, 2.24) is 4.98 Å². The zero-order valence-electron chi connectivity index (χ0n) is 13.1. The van der Waals surface area contributed by atoms with Crippen LogP contribution in [0.1, 0.15) is 24.8 Å². The number of ether oxygens (including phenoxy) is 2. The number of anilines is 1. The van der Waals surface area contributed by atoms with E-state index in [1.807, 2.05) is 37.3 Å². The number of benzene rings is 1. The number of hydrogen-bond donors (Lipinski definition) is 1. The molecule has 0 unspecified atom stereocenters. The van der Waals surface area contributed by atoms with Gasteiger partial charge in [0, 0.05) is 24.4 Å². The summed E-state index contributed by atoms with van der Waals surface area (Å²) in [6.07, 6.45) is 2.54. The van der Waals surface area contributed by atoms with Crippen LogP contribution in [-0.2, 0) is 9.53 Å². The Balaban J connectivity index is 1.64. The van der Waals surface area contributed by atoms with E-state index in [1.165, 1.54) is 0 Å². The molecule has 120 valence electrons. The van der Waals surface area contributed by atoms with Crippen LogP contribution in [0.3, 0.4) is 0 Å². The Hall–Kier alpha value is -2.40. The second-order valence-corrected chi connectivity index (χ2v) is 5.61. The first-order chi connectivity index (χ1) is 11.2. The number of aromatic nitrogens is 1. The fourth-order valence-electron chi connectivity index (χ4n) is 2.47. The van der Waals surface area contributed by atoms with Crippen LogP contribution >= 0.6 is 0 Å². The largest absolute Gasteiger partial charge is 0.472 e. The highest BCUT2D eigenvalue weighted by molar-refractivity contribution is 5.95. The van der Waals surface area contributed by atoms with E-state index in [2.05, 4.69) is 10.3 Å². The van der Waals surface area contributed by atoms with Gasteiger partial charge in [-0.25, -0.2) is 4.98 Å². The van der Waals surface area contributed by atoms with Crippen LogP contribution in [0, 0.1) is 0 Å². The van der Waals surface area contributed by atoms with Gasteiger partial charge in [-0.2, -0.15) is 0 Å². The molecule has 0 spiro atoms. The predicted molar refractivity (Wildman–Crippen MR) is 87.6 cm³/mol. The summed E-state index contributed by atoms with van der Waals surface area (Å²) in [5, 5.41) is 2.92. The van der Waals surface area contributed by atoms with Crippen molar-refractivity contribution in [1.29, 1.82) is 0 Å². The normalized spacial score (nSPS) is 18.4. The van der Waals surface area contributed by atoms with Gasteiger partial charge in [0.2, 0.25) is 11.8 Å². The molecule has 1 amide bonds. The van der Waals surface area contributed by atoms with Gasteiger partial charge in [-0.1, -0.05) is 30.3 Å². The van der Waals surface area contributed by atoms with Crippen molar-refractivity contribution >= 4 is 11.6 Å². The van der Waals surface area contributed by atoms with Crippen molar-refractivity contribution < 1.29 is 14.3 Å². The molecular weight excluding hydrogens is 292 g/mol. The summed E-state index contributed by atoms with van der Waals surface area (Å²) < 4.78 is 11.0. The maximum absolute atomic E-state index is 12.4. The van der Waals surface area contributed by atoms with Crippen molar-refractivity contribution in [3.63, 3.8) is 0 Å². The zero-order chi connectivity index (χ0) is 16.1. The highest BCUT2D eigenvalue weighted by Gasteiger charge is 2.19. The molecule has 5 heteroatoms. The molecule has 1 fully saturated rings. The van der Waals surface area contributed by atoms with Gasteiger partial charge < -0.3 is 14.8 Å². The van der Waals surface area contributed by atoms with E-state index in [9.17, 15) is 4.79 Å². The smallest absolute Gasteiger partial charge is 0.231 e. The van der Waals surface area contributed by atoms with E-state index in [-0.39, 0.29) is 17.9 Å². The van der Waals surface area contributed by atoms with E-state index >= 15 is 0 Å². The van der Waals surface area contributed by atoms with Gasteiger partial charge >= 0.3 is 0 Å². The van der Waals surface area contributed by atoms with Crippen LogP contribution in [0.15, 0.2) is 48.7 Å². The molecule has 1 aliphatic rings. The number of carbonyl (C=O) groups excluding carboxylic acids is 1. The van der Waals surface area contributed by atoms with Crippen LogP contribution in [0.25, 0.3) is 0 Å². The summed E-state index contributed by atoms with van der Waals surface area (Å²) in [5.41, 5.74) is 1.67. The van der Waals surface area contributed by atoms with Crippen molar-refractivity contribution in [2.75, 3.05) is 18.5 Å². The molecule has 2 heterocycles. The van der Waals surface area contributed by atoms with E-state index in [0.717, 1.165) is 18.6 Å². The lowest BCUT2D eigenvalue weighted by atomic mass is 10.0. The molecule has 2 aromatic rings. The summed E-state index contributed by atoms with van der Waals surface area (Å²) in [6.45, 7) is 3.19. The fourth-order valence-corrected chi connectivity index (χ4v) is 2.47. The minimum Gasteiger partial charge on any atom is -0.472 e. The number of amides is 1. The predicted octanol–water partition coefficient (Wildman–Crippen LogP) is 2.99. The highest BCUT2D eigenvalue weighted by Crippen LogP contribution is 2.21. The molecule has 1 aromatic carbocycles. The third-order valence-electron chi connectivity index (χ3n) is 3.87. The Bertz CT molecular complexity index is 654. The molecule has 3 rings (SSSR count). The van der Waals surface area contributed by atoms with Gasteiger partial charge in [-0.05, 0) is 18.6 Å². The lowest BCUT2D eigenvalue weighted by molar-refractivity contribution is -0.117. The Morgan fingerprint density at radius 1 is 1.35 bits per heavy atom. The summed E-state index contributed by atoms with van der Waals surface area (Å²) in [6, 6.07) is 13.2. The Labute approximate surface area is 135 Å². The van der Waals surface area contributed by atoms with Crippen molar-refractivity contribution in [2.24, 2.45) is 0 Å². The van der Waals surface area contributed by atoms with E-state index < -0.39 is 0 Å². The molecule has 1 aromatic heterocycles. The molecule has 2 atom stereocenters. The molecule has 0 radical (unpaired) electrons. The molecule has 5 nitrogen and oxygen atoms in total. The number of nitrogens with one attached hydrogen (secondary N) is 1. The summed E-state index contributed by atoms with van der Waals surface area (Å²) >= 11 is 0. The number of hydrogen-bond acceptors (Lipinski definition) is 4. The lowest BCUT2D eigenvalue weighted by Gasteiger charge is -2.14. The lowest BCUT2D eigenvalue weighted by Crippen LogP contribution is -2.19. The average molecular weight is 312 g/mol. The van der Waals surface area contributed by atoms with Gasteiger partial charge in [0.15, 0.2) is 0 Å². The van der Waals surface area contributed by atoms with Crippen LogP contribution in [0.4, 0.5) is 5.69 Å². The van der Waals surface area contributed by atoms with E-state index in [0.29, 0.717) is 18.2 Å². The van der Waals surface area contributed by atoms with Crippen molar-refractivity contribution in [3.05, 3.63) is 54.2 Å². The van der Waals surface area contributed by atoms with Gasteiger partial charge in [-0.15, -0.1) is 0 Å². The molecule has 0 saturated carbocycles. The minimum absolute atomic E-state index is 0.0386. The SMILES string of the molecule is C[C@H](C(=O)Nc1ccnc(O[C@H]2CCOC2)c1)c1ccccc1. The molecule has 0 aliphatic carbocycles. The number of carbonyl (C=O) groups is 1. The first-order valence-electron chi connectivity index (χ1n) is 7.78. The van der Waals surface area contributed by atoms with Crippen LogP contribution in [0.5, 0.6) is 5.88 Å². The van der Waals surface area contributed by atoms with Crippen LogP contribution in [-0.4, -0.2) is 30.2 Å². The summed E-state index contributed by atoms with van der Waals surface area (Å²) in [5.74, 6) is 0.222. The highest BCUT2D eigenvalue weighted by atomic mass is 16.5. The standard InChI is InChI=1S/C18H20N2O3/c1-13(14-5-3-2-4-6-14)18(21)20-15-7-9-19-17(11-15)23-16-8-10-22-12-16/h2-7,9,11,13,16H,8,10,12H2,1H3,(H,19,20,21)/t13-,16-/m0/s1. The van der Waals surface area contributed by atoms with E-state index in [4.69, 9.17) is 9.47 Å². The van der Waals surface area contributed by atoms with Crippen molar-refractivity contribution in [3.8, 4) is 5.88 Å². The topological polar surface area (TPSA) is 60.5 Å². The molecular formula is C18H20N2O3. The number of rotatable bonds is 5. The molecule has 23 heavy (non-hydrogen) atoms. The zero-order valence-corrected chi connectivity index (χ0v) is 13.1. The number of pyridine rings is 1. The Morgan fingerprint density at radius 3 is 2.91 bits per heavy atom. The molecule has 1 saturated heterocycles. The van der Waals surface area contributed by atoms with Gasteiger partial charge in [0.25, 0.3) is 0 Å². The Kier molecular flexibility index (Phi) is 4.88. The molecule has 0 bridgehead atoms. The minimum atomic E-state index is -0.225. The quantitative estimate of drug-likeness (QED) is 0.922. The van der Waals surface area contributed by atoms with Crippen LogP contribution < -0.4 is 10.1 Å². The van der Waals surface area contributed by atoms with Gasteiger partial charge in [-0.3, -0.25) is 4.79 Å². The van der Waals surface area contributed by atoms with Gasteiger partial charge in [0.05, 0.1) is 19.1 Å². The van der Waals surface area contributed by atoms with Crippen LogP contribution in [0.2, 0.25) is 0 Å².